The molecule has 106 valence electrons. The fourth-order valence-corrected chi connectivity index (χ4v) is 2.08. The van der Waals surface area contributed by atoms with Gasteiger partial charge >= 0.3 is 6.18 Å². The monoisotopic (exact) mass is 280 g/mol. The molecular formula is C15H15F3N2. The number of nitrogens with two attached hydrogens (primary N) is 1. The highest BCUT2D eigenvalue weighted by atomic mass is 19.4. The van der Waals surface area contributed by atoms with Crippen molar-refractivity contribution in [1.29, 1.82) is 0 Å². The lowest BCUT2D eigenvalue weighted by molar-refractivity contribution is -0.136. The average Bonchev–Trinajstić information content (AvgIpc) is 2.41. The van der Waals surface area contributed by atoms with E-state index in [2.05, 4.69) is 0 Å². The first-order valence-electron chi connectivity index (χ1n) is 6.22. The Balaban J connectivity index is 2.46. The fourth-order valence-electron chi connectivity index (χ4n) is 2.08. The summed E-state index contributed by atoms with van der Waals surface area (Å²) in [6.07, 6.45) is -4.45. The van der Waals surface area contributed by atoms with Crippen molar-refractivity contribution in [3.8, 4) is 0 Å². The Morgan fingerprint density at radius 3 is 2.20 bits per heavy atom. The van der Waals surface area contributed by atoms with E-state index in [1.54, 1.807) is 11.0 Å². The number of halogens is 3. The van der Waals surface area contributed by atoms with E-state index < -0.39 is 11.7 Å². The van der Waals surface area contributed by atoms with Crippen molar-refractivity contribution >= 4 is 17.1 Å². The van der Waals surface area contributed by atoms with Crippen molar-refractivity contribution in [2.24, 2.45) is 0 Å². The standard InChI is InChI=1S/C15H15F3N2/c1-2-20(11-6-4-3-5-7-11)12-8-9-14(19)13(10-12)15(16,17)18/h3-10H,2,19H2,1H3. The van der Waals surface area contributed by atoms with Gasteiger partial charge in [0.2, 0.25) is 0 Å². The van der Waals surface area contributed by atoms with Gasteiger partial charge in [0.1, 0.15) is 0 Å². The molecule has 0 atom stereocenters. The van der Waals surface area contributed by atoms with Gasteiger partial charge in [0.05, 0.1) is 5.56 Å². The third-order valence-corrected chi connectivity index (χ3v) is 3.04. The fraction of sp³-hybridized carbons (Fsp3) is 0.200. The first kappa shape index (κ1) is 14.2. The van der Waals surface area contributed by atoms with E-state index in [4.69, 9.17) is 5.73 Å². The van der Waals surface area contributed by atoms with E-state index in [0.29, 0.717) is 12.2 Å². The zero-order chi connectivity index (χ0) is 14.8. The number of nitrogens with zero attached hydrogens (tertiary/aromatic N) is 1. The molecule has 2 nitrogen and oxygen atoms in total. The number of nitrogen functional groups attached to an aromatic ring is 1. The Kier molecular flexibility index (Phi) is 3.88. The molecule has 0 unspecified atom stereocenters. The molecule has 0 aliphatic carbocycles. The lowest BCUT2D eigenvalue weighted by atomic mass is 10.1. The molecule has 0 aromatic heterocycles. The smallest absolute Gasteiger partial charge is 0.398 e. The van der Waals surface area contributed by atoms with Crippen LogP contribution in [0.5, 0.6) is 0 Å². The Morgan fingerprint density at radius 2 is 1.65 bits per heavy atom. The molecule has 0 aliphatic rings. The second-order valence-electron chi connectivity index (χ2n) is 4.35. The van der Waals surface area contributed by atoms with Gasteiger partial charge in [-0.1, -0.05) is 18.2 Å². The van der Waals surface area contributed by atoms with Gasteiger partial charge in [0.25, 0.3) is 0 Å². The van der Waals surface area contributed by atoms with Gasteiger partial charge in [0, 0.05) is 23.6 Å². The van der Waals surface area contributed by atoms with Gasteiger partial charge in [-0.05, 0) is 37.3 Å². The second kappa shape index (κ2) is 5.45. The molecule has 0 bridgehead atoms. The van der Waals surface area contributed by atoms with Crippen LogP contribution in [0.3, 0.4) is 0 Å². The number of hydrogen-bond donors (Lipinski definition) is 1. The van der Waals surface area contributed by atoms with E-state index >= 15 is 0 Å². The van der Waals surface area contributed by atoms with E-state index in [1.807, 2.05) is 37.3 Å². The number of anilines is 3. The van der Waals surface area contributed by atoms with E-state index in [0.717, 1.165) is 11.8 Å². The maximum absolute atomic E-state index is 12.9. The van der Waals surface area contributed by atoms with Crippen LogP contribution in [0.4, 0.5) is 30.2 Å². The van der Waals surface area contributed by atoms with Crippen molar-refractivity contribution < 1.29 is 13.2 Å². The molecule has 0 saturated heterocycles. The van der Waals surface area contributed by atoms with Gasteiger partial charge in [-0.3, -0.25) is 0 Å². The first-order valence-corrected chi connectivity index (χ1v) is 6.22. The van der Waals surface area contributed by atoms with Crippen LogP contribution in [-0.2, 0) is 6.18 Å². The molecule has 0 aliphatic heterocycles. The molecular weight excluding hydrogens is 265 g/mol. The lowest BCUT2D eigenvalue weighted by Gasteiger charge is -2.24. The van der Waals surface area contributed by atoms with Crippen LogP contribution < -0.4 is 10.6 Å². The summed E-state index contributed by atoms with van der Waals surface area (Å²) in [6, 6.07) is 13.2. The molecule has 0 amide bonds. The largest absolute Gasteiger partial charge is 0.418 e. The summed E-state index contributed by atoms with van der Waals surface area (Å²) in [5, 5.41) is 0. The van der Waals surface area contributed by atoms with Gasteiger partial charge < -0.3 is 10.6 Å². The zero-order valence-electron chi connectivity index (χ0n) is 11.0. The van der Waals surface area contributed by atoms with E-state index in [1.165, 1.54) is 6.07 Å². The number of benzene rings is 2. The molecule has 2 N–H and O–H groups in total. The zero-order valence-corrected chi connectivity index (χ0v) is 11.0. The van der Waals surface area contributed by atoms with Crippen LogP contribution in [-0.4, -0.2) is 6.54 Å². The Bertz CT molecular complexity index is 579. The van der Waals surface area contributed by atoms with Gasteiger partial charge in [-0.25, -0.2) is 0 Å². The quantitative estimate of drug-likeness (QED) is 0.842. The summed E-state index contributed by atoms with van der Waals surface area (Å²) < 4.78 is 38.7. The summed E-state index contributed by atoms with van der Waals surface area (Å²) in [4.78, 5) is 1.80. The summed E-state index contributed by atoms with van der Waals surface area (Å²) >= 11 is 0. The van der Waals surface area contributed by atoms with Crippen LogP contribution >= 0.6 is 0 Å². The maximum atomic E-state index is 12.9. The molecule has 2 aromatic rings. The van der Waals surface area contributed by atoms with Crippen LogP contribution in [0.2, 0.25) is 0 Å². The van der Waals surface area contributed by atoms with Crippen LogP contribution in [0.1, 0.15) is 12.5 Å². The third kappa shape index (κ3) is 2.87. The number of para-hydroxylation sites is 1. The topological polar surface area (TPSA) is 29.3 Å². The minimum absolute atomic E-state index is 0.259. The Morgan fingerprint density at radius 1 is 1.00 bits per heavy atom. The summed E-state index contributed by atoms with van der Waals surface area (Å²) in [6.45, 7) is 2.45. The van der Waals surface area contributed by atoms with E-state index in [-0.39, 0.29) is 5.69 Å². The van der Waals surface area contributed by atoms with Crippen LogP contribution in [0.15, 0.2) is 48.5 Å². The van der Waals surface area contributed by atoms with Gasteiger partial charge in [0.15, 0.2) is 0 Å². The normalized spacial score (nSPS) is 11.4. The molecule has 5 heteroatoms. The molecule has 0 spiro atoms. The second-order valence-corrected chi connectivity index (χ2v) is 4.35. The summed E-state index contributed by atoms with van der Waals surface area (Å²) in [5.74, 6) is 0. The highest BCUT2D eigenvalue weighted by molar-refractivity contribution is 5.67. The number of hydrogen-bond acceptors (Lipinski definition) is 2. The summed E-state index contributed by atoms with van der Waals surface area (Å²) in [7, 11) is 0. The predicted octanol–water partition coefficient (Wildman–Crippen LogP) is 4.45. The van der Waals surface area contributed by atoms with Gasteiger partial charge in [-0.2, -0.15) is 13.2 Å². The molecule has 20 heavy (non-hydrogen) atoms. The molecule has 0 heterocycles. The number of rotatable bonds is 3. The minimum Gasteiger partial charge on any atom is -0.398 e. The highest BCUT2D eigenvalue weighted by Crippen LogP contribution is 2.37. The van der Waals surface area contributed by atoms with E-state index in [9.17, 15) is 13.2 Å². The highest BCUT2D eigenvalue weighted by Gasteiger charge is 2.33. The Labute approximate surface area is 115 Å². The van der Waals surface area contributed by atoms with Crippen LogP contribution in [0, 0.1) is 0 Å². The minimum atomic E-state index is -4.45. The van der Waals surface area contributed by atoms with Crippen LogP contribution in [0.25, 0.3) is 0 Å². The van der Waals surface area contributed by atoms with Crippen molar-refractivity contribution in [2.45, 2.75) is 13.1 Å². The lowest BCUT2D eigenvalue weighted by Crippen LogP contribution is -2.17. The molecule has 0 radical (unpaired) electrons. The number of alkyl halides is 3. The van der Waals surface area contributed by atoms with Crippen molar-refractivity contribution in [3.63, 3.8) is 0 Å². The molecule has 0 fully saturated rings. The molecule has 2 rings (SSSR count). The summed E-state index contributed by atoms with van der Waals surface area (Å²) in [5.41, 5.74) is 5.67. The van der Waals surface area contributed by atoms with Crippen molar-refractivity contribution in [2.75, 3.05) is 17.2 Å². The SMILES string of the molecule is CCN(c1ccccc1)c1ccc(N)c(C(F)(F)F)c1. The first-order chi connectivity index (χ1) is 9.43. The molecule has 2 aromatic carbocycles. The van der Waals surface area contributed by atoms with Crippen molar-refractivity contribution in [3.05, 3.63) is 54.1 Å². The average molecular weight is 280 g/mol. The Hall–Kier alpha value is -2.17. The molecule has 0 saturated carbocycles. The third-order valence-electron chi connectivity index (χ3n) is 3.04. The van der Waals surface area contributed by atoms with Crippen molar-refractivity contribution in [1.82, 2.24) is 0 Å². The van der Waals surface area contributed by atoms with Gasteiger partial charge in [-0.15, -0.1) is 0 Å². The maximum Gasteiger partial charge on any atom is 0.418 e. The predicted molar refractivity (Wildman–Crippen MR) is 75.0 cm³/mol.